The van der Waals surface area contributed by atoms with Crippen molar-refractivity contribution >= 4 is 33.0 Å². The molecular weight excluding hydrogens is 418 g/mol. The highest BCUT2D eigenvalue weighted by molar-refractivity contribution is 6.09. The number of rotatable bonds is 3. The number of nitrogens with zero attached hydrogens (tertiary/aromatic N) is 3. The highest BCUT2D eigenvalue weighted by atomic mass is 16.3. The first kappa shape index (κ1) is 20.7. The molecule has 0 N–H and O–H groups in total. The van der Waals surface area contributed by atoms with E-state index in [9.17, 15) is 0 Å². The van der Waals surface area contributed by atoms with Crippen molar-refractivity contribution < 1.29 is 4.42 Å². The Kier molecular flexibility index (Phi) is 4.59. The fraction of sp³-hybridized carbons (Fsp3) is 0.200. The molecule has 0 aliphatic carbocycles. The summed E-state index contributed by atoms with van der Waals surface area (Å²) in [6.45, 7) is 10.8. The van der Waals surface area contributed by atoms with Gasteiger partial charge in [-0.3, -0.25) is 9.55 Å². The summed E-state index contributed by atoms with van der Waals surface area (Å²) in [5.41, 5.74) is 10.7. The maximum absolute atomic E-state index is 6.50. The molecule has 0 spiro atoms. The van der Waals surface area contributed by atoms with E-state index < -0.39 is 0 Å². The van der Waals surface area contributed by atoms with Crippen LogP contribution in [0.5, 0.6) is 0 Å². The highest BCUT2D eigenvalue weighted by Gasteiger charge is 2.21. The molecule has 0 unspecified atom stereocenters. The maximum atomic E-state index is 6.50. The molecule has 3 heterocycles. The Labute approximate surface area is 198 Å². The summed E-state index contributed by atoms with van der Waals surface area (Å²) in [7, 11) is 0. The van der Waals surface area contributed by atoms with E-state index >= 15 is 0 Å². The van der Waals surface area contributed by atoms with Crippen LogP contribution < -0.4 is 0 Å². The molecule has 168 valence electrons. The number of hydrogen-bond donors (Lipinski definition) is 0. The first-order valence-electron chi connectivity index (χ1n) is 11.8. The number of pyridine rings is 1. The Morgan fingerprint density at radius 1 is 0.853 bits per heavy atom. The van der Waals surface area contributed by atoms with Gasteiger partial charge in [0.05, 0.1) is 22.3 Å². The molecule has 6 rings (SSSR count). The number of fused-ring (bicyclic) bond motifs is 4. The normalized spacial score (nSPS) is 11.9. The molecule has 0 radical (unpaired) electrons. The Morgan fingerprint density at radius 3 is 2.38 bits per heavy atom. The maximum Gasteiger partial charge on any atom is 0.149 e. The average Bonchev–Trinajstić information content (AvgIpc) is 3.36. The smallest absolute Gasteiger partial charge is 0.149 e. The second kappa shape index (κ2) is 7.56. The topological polar surface area (TPSA) is 43.9 Å². The first-order valence-corrected chi connectivity index (χ1v) is 11.8. The fourth-order valence-corrected chi connectivity index (χ4v) is 5.16. The Bertz CT molecular complexity index is 1700. The fourth-order valence-electron chi connectivity index (χ4n) is 5.16. The van der Waals surface area contributed by atoms with Crippen LogP contribution in [0.1, 0.15) is 42.1 Å². The highest BCUT2D eigenvalue weighted by Crippen LogP contribution is 2.39. The van der Waals surface area contributed by atoms with Gasteiger partial charge in [0, 0.05) is 28.7 Å². The van der Waals surface area contributed by atoms with Crippen LogP contribution in [-0.2, 0) is 0 Å². The van der Waals surface area contributed by atoms with Crippen molar-refractivity contribution in [2.24, 2.45) is 0 Å². The van der Waals surface area contributed by atoms with Crippen LogP contribution in [0.3, 0.4) is 0 Å². The molecule has 0 saturated heterocycles. The molecule has 4 nitrogen and oxygen atoms in total. The summed E-state index contributed by atoms with van der Waals surface area (Å²) < 4.78 is 8.79. The molecule has 0 atom stereocenters. The zero-order valence-corrected chi connectivity index (χ0v) is 20.2. The summed E-state index contributed by atoms with van der Waals surface area (Å²) in [5.74, 6) is 1.23. The monoisotopic (exact) mass is 445 g/mol. The molecular formula is C30H27N3O. The van der Waals surface area contributed by atoms with Crippen LogP contribution in [0.4, 0.5) is 0 Å². The van der Waals surface area contributed by atoms with E-state index in [4.69, 9.17) is 9.40 Å². The number of aryl methyl sites for hydroxylation is 3. The van der Waals surface area contributed by atoms with Crippen molar-refractivity contribution in [1.82, 2.24) is 14.5 Å². The molecule has 0 aliphatic rings. The number of aromatic nitrogens is 3. The van der Waals surface area contributed by atoms with Crippen LogP contribution in [0, 0.1) is 20.8 Å². The lowest BCUT2D eigenvalue weighted by Crippen LogP contribution is -2.03. The molecule has 0 saturated carbocycles. The molecule has 0 aliphatic heterocycles. The van der Waals surface area contributed by atoms with E-state index in [-0.39, 0.29) is 0 Å². The van der Waals surface area contributed by atoms with Gasteiger partial charge in [-0.2, -0.15) is 0 Å². The van der Waals surface area contributed by atoms with Crippen LogP contribution in [-0.4, -0.2) is 14.5 Å². The second-order valence-corrected chi connectivity index (χ2v) is 9.55. The lowest BCUT2D eigenvalue weighted by molar-refractivity contribution is 0.666. The van der Waals surface area contributed by atoms with Gasteiger partial charge in [0.25, 0.3) is 0 Å². The molecule has 6 aromatic rings. The third-order valence-electron chi connectivity index (χ3n) is 6.66. The van der Waals surface area contributed by atoms with Crippen LogP contribution in [0.2, 0.25) is 0 Å². The van der Waals surface area contributed by atoms with E-state index in [1.54, 1.807) is 0 Å². The lowest BCUT2D eigenvalue weighted by atomic mass is 10.0. The van der Waals surface area contributed by atoms with Crippen LogP contribution >= 0.6 is 0 Å². The molecule has 34 heavy (non-hydrogen) atoms. The number of benzene rings is 3. The largest absolute Gasteiger partial charge is 0.455 e. The van der Waals surface area contributed by atoms with Crippen LogP contribution in [0.15, 0.2) is 71.3 Å². The summed E-state index contributed by atoms with van der Waals surface area (Å²) in [6.07, 6.45) is 1.94. The Hall–Kier alpha value is -3.92. The minimum Gasteiger partial charge on any atom is -0.455 e. The third-order valence-corrected chi connectivity index (χ3v) is 6.66. The predicted molar refractivity (Wildman–Crippen MR) is 140 cm³/mol. The molecule has 4 heteroatoms. The average molecular weight is 446 g/mol. The molecule has 3 aromatic carbocycles. The molecule has 0 amide bonds. The van der Waals surface area contributed by atoms with E-state index in [1.165, 1.54) is 22.4 Å². The third kappa shape index (κ3) is 3.06. The SMILES string of the molecule is Cc1cc(C)c(-n2c(-c3cccc4c3oc3cc(C(C)C)ncc34)nc3ccccc32)c(C)c1. The van der Waals surface area contributed by atoms with E-state index in [0.717, 1.165) is 50.1 Å². The van der Waals surface area contributed by atoms with Crippen molar-refractivity contribution in [3.63, 3.8) is 0 Å². The minimum absolute atomic E-state index is 0.341. The summed E-state index contributed by atoms with van der Waals surface area (Å²) in [5, 5.41) is 2.10. The predicted octanol–water partition coefficient (Wildman–Crippen LogP) is 8.04. The number of para-hydroxylation sites is 3. The van der Waals surface area contributed by atoms with Gasteiger partial charge in [0.2, 0.25) is 0 Å². The van der Waals surface area contributed by atoms with E-state index in [0.29, 0.717) is 5.92 Å². The first-order chi connectivity index (χ1) is 16.4. The van der Waals surface area contributed by atoms with Crippen LogP contribution in [0.25, 0.3) is 50.0 Å². The number of furan rings is 1. The van der Waals surface area contributed by atoms with Crippen molar-refractivity contribution in [1.29, 1.82) is 0 Å². The lowest BCUT2D eigenvalue weighted by Gasteiger charge is -2.16. The van der Waals surface area contributed by atoms with Gasteiger partial charge < -0.3 is 4.42 Å². The standard InChI is InChI=1S/C30H27N3O/c1-17(2)25-15-27-23(16-31-25)21-9-8-10-22(29(21)34-27)30-32-24-11-6-7-12-26(24)33(30)28-19(4)13-18(3)14-20(28)5/h6-17H,1-5H3. The Morgan fingerprint density at radius 2 is 1.62 bits per heavy atom. The summed E-state index contributed by atoms with van der Waals surface area (Å²) in [6, 6.07) is 21.2. The second-order valence-electron chi connectivity index (χ2n) is 9.55. The van der Waals surface area contributed by atoms with E-state index in [1.807, 2.05) is 12.3 Å². The molecule has 0 fully saturated rings. The van der Waals surface area contributed by atoms with Gasteiger partial charge in [-0.05, 0) is 56.0 Å². The Balaban J connectivity index is 1.71. The van der Waals surface area contributed by atoms with Crippen molar-refractivity contribution in [2.45, 2.75) is 40.5 Å². The summed E-state index contributed by atoms with van der Waals surface area (Å²) >= 11 is 0. The van der Waals surface area contributed by atoms with Gasteiger partial charge in [-0.25, -0.2) is 4.98 Å². The van der Waals surface area contributed by atoms with Crippen molar-refractivity contribution in [3.05, 3.63) is 89.2 Å². The van der Waals surface area contributed by atoms with E-state index in [2.05, 4.69) is 98.8 Å². The quantitative estimate of drug-likeness (QED) is 0.277. The molecule has 3 aromatic heterocycles. The number of hydrogen-bond acceptors (Lipinski definition) is 3. The van der Waals surface area contributed by atoms with Gasteiger partial charge in [0.15, 0.2) is 0 Å². The van der Waals surface area contributed by atoms with Crippen molar-refractivity contribution in [3.8, 4) is 17.1 Å². The zero-order valence-electron chi connectivity index (χ0n) is 20.2. The van der Waals surface area contributed by atoms with Crippen molar-refractivity contribution in [2.75, 3.05) is 0 Å². The minimum atomic E-state index is 0.341. The van der Waals surface area contributed by atoms with Gasteiger partial charge in [-0.1, -0.05) is 55.8 Å². The number of imidazole rings is 1. The van der Waals surface area contributed by atoms with Gasteiger partial charge in [0.1, 0.15) is 17.0 Å². The molecule has 0 bridgehead atoms. The van der Waals surface area contributed by atoms with Gasteiger partial charge >= 0.3 is 0 Å². The van der Waals surface area contributed by atoms with Gasteiger partial charge in [-0.15, -0.1) is 0 Å². The summed E-state index contributed by atoms with van der Waals surface area (Å²) in [4.78, 5) is 9.80. The zero-order chi connectivity index (χ0) is 23.6.